The van der Waals surface area contributed by atoms with Gasteiger partial charge in [-0.25, -0.2) is 14.1 Å². The quantitative estimate of drug-likeness (QED) is 0.103. The molecular formula is C33H25BrFIN2O6. The second-order valence-corrected chi connectivity index (χ2v) is 11.6. The summed E-state index contributed by atoms with van der Waals surface area (Å²) < 4.78 is 32.5. The fraction of sp³-hybridized carbons (Fsp3) is 0.121. The zero-order valence-electron chi connectivity index (χ0n) is 23.3. The minimum atomic E-state index is -0.852. The molecule has 5 rings (SSSR count). The first kappa shape index (κ1) is 31.2. The van der Waals surface area contributed by atoms with Crippen LogP contribution in [0.15, 0.2) is 95.0 Å². The van der Waals surface area contributed by atoms with Gasteiger partial charge < -0.3 is 14.2 Å². The van der Waals surface area contributed by atoms with Crippen LogP contribution in [-0.2, 0) is 22.8 Å². The molecule has 0 bridgehead atoms. The monoisotopic (exact) mass is 770 g/mol. The van der Waals surface area contributed by atoms with Crippen molar-refractivity contribution in [1.29, 1.82) is 0 Å². The molecule has 11 heteroatoms. The van der Waals surface area contributed by atoms with Gasteiger partial charge in [0.25, 0.3) is 11.8 Å². The Bertz CT molecular complexity index is 1730. The summed E-state index contributed by atoms with van der Waals surface area (Å²) in [6, 6.07) is 22.7. The Kier molecular flexibility index (Phi) is 9.95. The lowest BCUT2D eigenvalue weighted by Crippen LogP contribution is -2.54. The first-order valence-electron chi connectivity index (χ1n) is 13.4. The molecule has 8 nitrogen and oxygen atoms in total. The third-order valence-corrected chi connectivity index (χ3v) is 7.78. The van der Waals surface area contributed by atoms with Crippen molar-refractivity contribution in [3.05, 3.63) is 121 Å². The third kappa shape index (κ3) is 7.45. The number of amides is 4. The highest BCUT2D eigenvalue weighted by atomic mass is 127. The Morgan fingerprint density at radius 3 is 2.16 bits per heavy atom. The second-order valence-electron chi connectivity index (χ2n) is 9.55. The largest absolute Gasteiger partial charge is 0.490 e. The number of rotatable bonds is 10. The maximum Gasteiger partial charge on any atom is 0.335 e. The standard InChI is InChI=1S/C33H25BrFIN2O6/c1-2-42-29-17-22(16-28(36)30(29)44-19-21-5-9-24(35)10-6-21)15-27-31(39)37-33(41)38(32(27)40)25-11-13-26(14-12-25)43-18-20-3-7-23(34)8-4-20/h3-17H,2,18-19H2,1H3,(H,37,39,41)/b27-15+. The predicted octanol–water partition coefficient (Wildman–Crippen LogP) is 7.42. The zero-order chi connectivity index (χ0) is 31.2. The number of barbiturate groups is 1. The lowest BCUT2D eigenvalue weighted by molar-refractivity contribution is -0.122. The molecule has 44 heavy (non-hydrogen) atoms. The molecule has 0 aromatic heterocycles. The molecule has 1 heterocycles. The predicted molar refractivity (Wildman–Crippen MR) is 175 cm³/mol. The van der Waals surface area contributed by atoms with E-state index in [-0.39, 0.29) is 23.7 Å². The summed E-state index contributed by atoms with van der Waals surface area (Å²) in [5.41, 5.74) is 2.30. The van der Waals surface area contributed by atoms with Crippen molar-refractivity contribution in [2.45, 2.75) is 20.1 Å². The summed E-state index contributed by atoms with van der Waals surface area (Å²) in [6.45, 7) is 2.69. The normalized spacial score (nSPS) is 14.0. The molecule has 4 aromatic rings. The van der Waals surface area contributed by atoms with Crippen LogP contribution in [0.3, 0.4) is 0 Å². The van der Waals surface area contributed by atoms with Gasteiger partial charge in [-0.1, -0.05) is 40.2 Å². The molecule has 1 fully saturated rings. The highest BCUT2D eigenvalue weighted by molar-refractivity contribution is 14.1. The number of benzene rings is 4. The van der Waals surface area contributed by atoms with E-state index in [4.69, 9.17) is 14.2 Å². The molecule has 4 aromatic carbocycles. The summed E-state index contributed by atoms with van der Waals surface area (Å²) in [5, 5.41) is 2.24. The van der Waals surface area contributed by atoms with E-state index in [1.807, 2.05) is 31.2 Å². The topological polar surface area (TPSA) is 94.2 Å². The summed E-state index contributed by atoms with van der Waals surface area (Å²) in [7, 11) is 0. The summed E-state index contributed by atoms with van der Waals surface area (Å²) in [5.74, 6) is -0.493. The molecule has 4 amide bonds. The Balaban J connectivity index is 1.35. The van der Waals surface area contributed by atoms with Gasteiger partial charge in [-0.05, 0) is 113 Å². The minimum absolute atomic E-state index is 0.183. The van der Waals surface area contributed by atoms with Crippen molar-refractivity contribution >= 4 is 68.1 Å². The molecule has 1 saturated heterocycles. The molecule has 0 unspecified atom stereocenters. The number of anilines is 1. The van der Waals surface area contributed by atoms with Crippen molar-refractivity contribution in [2.24, 2.45) is 0 Å². The van der Waals surface area contributed by atoms with Gasteiger partial charge in [-0.3, -0.25) is 14.9 Å². The maximum absolute atomic E-state index is 13.5. The van der Waals surface area contributed by atoms with Crippen LogP contribution in [-0.4, -0.2) is 24.5 Å². The molecule has 0 saturated carbocycles. The Labute approximate surface area is 275 Å². The number of halogens is 3. The van der Waals surface area contributed by atoms with Crippen molar-refractivity contribution in [3.8, 4) is 17.2 Å². The van der Waals surface area contributed by atoms with E-state index in [9.17, 15) is 18.8 Å². The summed E-state index contributed by atoms with van der Waals surface area (Å²) in [4.78, 5) is 39.9. The van der Waals surface area contributed by atoms with Gasteiger partial charge in [-0.2, -0.15) is 0 Å². The number of hydrogen-bond acceptors (Lipinski definition) is 6. The average Bonchev–Trinajstić information content (AvgIpc) is 3.00. The maximum atomic E-state index is 13.5. The first-order valence-corrected chi connectivity index (χ1v) is 15.3. The molecular weight excluding hydrogens is 746 g/mol. The SMILES string of the molecule is CCOc1cc(/C=C2\C(=O)NC(=O)N(c3ccc(OCc4ccc(Br)cc4)cc3)C2=O)cc(I)c1OCc1ccc(F)cc1. The molecule has 1 aliphatic heterocycles. The fourth-order valence-corrected chi connectivity index (χ4v) is 5.35. The lowest BCUT2D eigenvalue weighted by Gasteiger charge is -2.26. The number of carbonyl (C=O) groups is 3. The van der Waals surface area contributed by atoms with Crippen molar-refractivity contribution < 1.29 is 33.0 Å². The third-order valence-electron chi connectivity index (χ3n) is 6.45. The highest BCUT2D eigenvalue weighted by Crippen LogP contribution is 2.36. The first-order chi connectivity index (χ1) is 21.2. The number of imide groups is 2. The van der Waals surface area contributed by atoms with Gasteiger partial charge >= 0.3 is 6.03 Å². The molecule has 224 valence electrons. The van der Waals surface area contributed by atoms with Crippen LogP contribution in [0.25, 0.3) is 6.08 Å². The van der Waals surface area contributed by atoms with Crippen LogP contribution in [0.1, 0.15) is 23.6 Å². The van der Waals surface area contributed by atoms with Gasteiger partial charge in [0.05, 0.1) is 15.9 Å². The van der Waals surface area contributed by atoms with Crippen LogP contribution in [0, 0.1) is 9.39 Å². The number of ether oxygens (including phenoxy) is 3. The number of nitrogens with one attached hydrogen (secondary N) is 1. The Morgan fingerprint density at radius 2 is 1.50 bits per heavy atom. The van der Waals surface area contributed by atoms with Gasteiger partial charge in [0.15, 0.2) is 11.5 Å². The summed E-state index contributed by atoms with van der Waals surface area (Å²) in [6.07, 6.45) is 1.40. The van der Waals surface area contributed by atoms with E-state index >= 15 is 0 Å². The van der Waals surface area contributed by atoms with Gasteiger partial charge in [-0.15, -0.1) is 0 Å². The highest BCUT2D eigenvalue weighted by Gasteiger charge is 2.37. The molecule has 1 N–H and O–H groups in total. The zero-order valence-corrected chi connectivity index (χ0v) is 27.1. The van der Waals surface area contributed by atoms with E-state index in [1.165, 1.54) is 18.2 Å². The van der Waals surface area contributed by atoms with Crippen LogP contribution in [0.4, 0.5) is 14.9 Å². The number of hydrogen-bond donors (Lipinski definition) is 1. The number of nitrogens with zero attached hydrogens (tertiary/aromatic N) is 1. The van der Waals surface area contributed by atoms with E-state index in [0.29, 0.717) is 39.6 Å². The van der Waals surface area contributed by atoms with Gasteiger partial charge in [0, 0.05) is 4.47 Å². The summed E-state index contributed by atoms with van der Waals surface area (Å²) >= 11 is 5.48. The van der Waals surface area contributed by atoms with Crippen LogP contribution in [0.2, 0.25) is 0 Å². The van der Waals surface area contributed by atoms with E-state index in [2.05, 4.69) is 43.8 Å². The lowest BCUT2D eigenvalue weighted by atomic mass is 10.1. The van der Waals surface area contributed by atoms with E-state index in [1.54, 1.807) is 48.5 Å². The Morgan fingerprint density at radius 1 is 0.864 bits per heavy atom. The average molecular weight is 771 g/mol. The molecule has 1 aliphatic rings. The van der Waals surface area contributed by atoms with Crippen LogP contribution < -0.4 is 24.4 Å². The minimum Gasteiger partial charge on any atom is -0.490 e. The molecule has 0 spiro atoms. The fourth-order valence-electron chi connectivity index (χ4n) is 4.31. The van der Waals surface area contributed by atoms with Crippen molar-refractivity contribution in [3.63, 3.8) is 0 Å². The van der Waals surface area contributed by atoms with Crippen molar-refractivity contribution in [2.75, 3.05) is 11.5 Å². The van der Waals surface area contributed by atoms with Gasteiger partial charge in [0.2, 0.25) is 0 Å². The van der Waals surface area contributed by atoms with Crippen LogP contribution in [0.5, 0.6) is 17.2 Å². The second kappa shape index (κ2) is 14.0. The number of urea groups is 1. The molecule has 0 aliphatic carbocycles. The Hall–Kier alpha value is -4.23. The molecule has 0 radical (unpaired) electrons. The van der Waals surface area contributed by atoms with Crippen LogP contribution >= 0.6 is 38.5 Å². The molecule has 0 atom stereocenters. The smallest absolute Gasteiger partial charge is 0.335 e. The van der Waals surface area contributed by atoms with Gasteiger partial charge in [0.1, 0.15) is 30.4 Å². The van der Waals surface area contributed by atoms with E-state index < -0.39 is 17.8 Å². The van der Waals surface area contributed by atoms with Crippen molar-refractivity contribution in [1.82, 2.24) is 5.32 Å². The van der Waals surface area contributed by atoms with E-state index in [0.717, 1.165) is 20.5 Å². The number of carbonyl (C=O) groups excluding carboxylic acids is 3.